The topological polar surface area (TPSA) is 77.0 Å². The molecular formula is C10H12N4O. The molecule has 0 spiro atoms. The van der Waals surface area contributed by atoms with Gasteiger partial charge in [-0.3, -0.25) is 11.3 Å². The van der Waals surface area contributed by atoms with Crippen LogP contribution in [-0.2, 0) is 6.42 Å². The molecule has 2 aromatic heterocycles. The van der Waals surface area contributed by atoms with E-state index >= 15 is 0 Å². The third-order valence-electron chi connectivity index (χ3n) is 2.23. The number of hydrogen-bond donors (Lipinski definition) is 2. The quantitative estimate of drug-likeness (QED) is 0.569. The third kappa shape index (κ3) is 2.39. The highest BCUT2D eigenvalue weighted by Gasteiger charge is 2.11. The van der Waals surface area contributed by atoms with Crippen molar-refractivity contribution in [2.75, 3.05) is 0 Å². The smallest absolute Gasteiger partial charge is 0.0935 e. The van der Waals surface area contributed by atoms with Gasteiger partial charge in [0.15, 0.2) is 0 Å². The molecule has 0 saturated heterocycles. The van der Waals surface area contributed by atoms with Crippen molar-refractivity contribution in [2.24, 2.45) is 5.84 Å². The van der Waals surface area contributed by atoms with Crippen LogP contribution in [0.3, 0.4) is 0 Å². The zero-order valence-electron chi connectivity index (χ0n) is 8.13. The molecule has 15 heavy (non-hydrogen) atoms. The lowest BCUT2D eigenvalue weighted by Crippen LogP contribution is -2.29. The normalized spacial score (nSPS) is 12.6. The minimum Gasteiger partial charge on any atom is -0.472 e. The molecule has 3 N–H and O–H groups in total. The summed E-state index contributed by atoms with van der Waals surface area (Å²) >= 11 is 0. The molecule has 0 aliphatic rings. The summed E-state index contributed by atoms with van der Waals surface area (Å²) in [6, 6.07) is 3.83. The van der Waals surface area contributed by atoms with Gasteiger partial charge in [-0.1, -0.05) is 0 Å². The first kappa shape index (κ1) is 9.82. The van der Waals surface area contributed by atoms with Crippen LogP contribution in [0.1, 0.15) is 17.2 Å². The lowest BCUT2D eigenvalue weighted by atomic mass is 10.0. The first-order valence-corrected chi connectivity index (χ1v) is 4.64. The number of nitrogens with two attached hydrogens (primary N) is 1. The summed E-state index contributed by atoms with van der Waals surface area (Å²) in [5.74, 6) is 5.49. The van der Waals surface area contributed by atoms with E-state index in [1.165, 1.54) is 0 Å². The van der Waals surface area contributed by atoms with Crippen molar-refractivity contribution >= 4 is 0 Å². The Morgan fingerprint density at radius 3 is 2.93 bits per heavy atom. The average Bonchev–Trinajstić information content (AvgIpc) is 2.80. The molecule has 0 aromatic carbocycles. The van der Waals surface area contributed by atoms with E-state index in [0.29, 0.717) is 0 Å². The van der Waals surface area contributed by atoms with Crippen molar-refractivity contribution in [1.82, 2.24) is 15.6 Å². The molecule has 2 heterocycles. The third-order valence-corrected chi connectivity index (χ3v) is 2.23. The van der Waals surface area contributed by atoms with Crippen LogP contribution in [0.15, 0.2) is 41.5 Å². The molecule has 1 unspecified atom stereocenters. The van der Waals surface area contributed by atoms with Crippen molar-refractivity contribution in [3.05, 3.63) is 48.2 Å². The van der Waals surface area contributed by atoms with Crippen molar-refractivity contribution in [3.8, 4) is 0 Å². The maximum atomic E-state index is 5.49. The van der Waals surface area contributed by atoms with E-state index in [4.69, 9.17) is 10.3 Å². The number of furan rings is 1. The second kappa shape index (κ2) is 4.68. The predicted octanol–water partition coefficient (Wildman–Crippen LogP) is 0.817. The van der Waals surface area contributed by atoms with E-state index in [9.17, 15) is 0 Å². The van der Waals surface area contributed by atoms with E-state index in [0.717, 1.165) is 17.5 Å². The fourth-order valence-corrected chi connectivity index (χ4v) is 1.42. The molecule has 0 aliphatic carbocycles. The molecule has 0 bridgehead atoms. The maximum absolute atomic E-state index is 5.49. The second-order valence-electron chi connectivity index (χ2n) is 3.23. The van der Waals surface area contributed by atoms with Gasteiger partial charge in [-0.2, -0.15) is 10.2 Å². The van der Waals surface area contributed by atoms with E-state index in [1.807, 2.05) is 12.1 Å². The van der Waals surface area contributed by atoms with Crippen LogP contribution in [0.25, 0.3) is 0 Å². The van der Waals surface area contributed by atoms with Gasteiger partial charge in [-0.05, 0) is 29.7 Å². The highest BCUT2D eigenvalue weighted by atomic mass is 16.3. The zero-order chi connectivity index (χ0) is 10.5. The molecule has 1 atom stereocenters. The maximum Gasteiger partial charge on any atom is 0.0935 e. The summed E-state index contributed by atoms with van der Waals surface area (Å²) in [6.45, 7) is 0. The largest absolute Gasteiger partial charge is 0.472 e. The van der Waals surface area contributed by atoms with Crippen molar-refractivity contribution < 1.29 is 4.42 Å². The van der Waals surface area contributed by atoms with Gasteiger partial charge >= 0.3 is 0 Å². The lowest BCUT2D eigenvalue weighted by Gasteiger charge is -2.14. The first-order chi connectivity index (χ1) is 7.40. The number of rotatable bonds is 4. The van der Waals surface area contributed by atoms with Gasteiger partial charge in [0.1, 0.15) is 0 Å². The average molecular weight is 204 g/mol. The molecule has 0 saturated carbocycles. The van der Waals surface area contributed by atoms with Crippen molar-refractivity contribution in [3.63, 3.8) is 0 Å². The molecule has 78 valence electrons. The van der Waals surface area contributed by atoms with Gasteiger partial charge in [-0.25, -0.2) is 0 Å². The fourth-order valence-electron chi connectivity index (χ4n) is 1.42. The number of hydrogen-bond acceptors (Lipinski definition) is 5. The van der Waals surface area contributed by atoms with Crippen LogP contribution < -0.4 is 11.3 Å². The molecule has 5 heteroatoms. The predicted molar refractivity (Wildman–Crippen MR) is 54.5 cm³/mol. The minimum absolute atomic E-state index is 0.0260. The number of nitrogens with one attached hydrogen (secondary N) is 1. The van der Waals surface area contributed by atoms with Crippen molar-refractivity contribution in [1.29, 1.82) is 0 Å². The zero-order valence-corrected chi connectivity index (χ0v) is 8.13. The standard InChI is InChI=1S/C10H12N4O/c11-14-10(5-8-2-4-15-7-8)9-1-3-12-13-6-9/h1-4,6-7,10,14H,5,11H2. The highest BCUT2D eigenvalue weighted by Crippen LogP contribution is 2.16. The van der Waals surface area contributed by atoms with Gasteiger partial charge in [0.2, 0.25) is 0 Å². The molecule has 5 nitrogen and oxygen atoms in total. The molecule has 0 fully saturated rings. The SMILES string of the molecule is NNC(Cc1ccoc1)c1ccnnc1. The molecule has 0 amide bonds. The highest BCUT2D eigenvalue weighted by molar-refractivity contribution is 5.16. The van der Waals surface area contributed by atoms with Gasteiger partial charge in [0.25, 0.3) is 0 Å². The Morgan fingerprint density at radius 1 is 1.40 bits per heavy atom. The summed E-state index contributed by atoms with van der Waals surface area (Å²) < 4.78 is 5.00. The fraction of sp³-hybridized carbons (Fsp3) is 0.200. The van der Waals surface area contributed by atoms with E-state index in [-0.39, 0.29) is 6.04 Å². The Hall–Kier alpha value is -1.72. The summed E-state index contributed by atoms with van der Waals surface area (Å²) in [5, 5.41) is 7.54. The Kier molecular flexibility index (Phi) is 3.06. The van der Waals surface area contributed by atoms with Crippen LogP contribution in [0.2, 0.25) is 0 Å². The molecular weight excluding hydrogens is 192 g/mol. The van der Waals surface area contributed by atoms with Crippen LogP contribution in [0.5, 0.6) is 0 Å². The molecule has 0 aliphatic heterocycles. The number of aromatic nitrogens is 2. The van der Waals surface area contributed by atoms with Crippen molar-refractivity contribution in [2.45, 2.75) is 12.5 Å². The minimum atomic E-state index is 0.0260. The first-order valence-electron chi connectivity index (χ1n) is 4.64. The number of hydrazine groups is 1. The van der Waals surface area contributed by atoms with E-state index in [2.05, 4.69) is 15.6 Å². The van der Waals surface area contributed by atoms with Crippen LogP contribution >= 0.6 is 0 Å². The van der Waals surface area contributed by atoms with Gasteiger partial charge in [0, 0.05) is 6.20 Å². The van der Waals surface area contributed by atoms with E-state index < -0.39 is 0 Å². The lowest BCUT2D eigenvalue weighted by molar-refractivity contribution is 0.534. The summed E-state index contributed by atoms with van der Waals surface area (Å²) in [6.07, 6.45) is 7.46. The Morgan fingerprint density at radius 2 is 2.33 bits per heavy atom. The van der Waals surface area contributed by atoms with Gasteiger partial charge in [-0.15, -0.1) is 0 Å². The molecule has 2 rings (SSSR count). The summed E-state index contributed by atoms with van der Waals surface area (Å²) in [5.41, 5.74) is 4.85. The number of nitrogens with zero attached hydrogens (tertiary/aromatic N) is 2. The van der Waals surface area contributed by atoms with Gasteiger partial charge in [0.05, 0.1) is 24.8 Å². The van der Waals surface area contributed by atoms with E-state index in [1.54, 1.807) is 24.9 Å². The second-order valence-corrected chi connectivity index (χ2v) is 3.23. The van der Waals surface area contributed by atoms with Crippen LogP contribution in [-0.4, -0.2) is 10.2 Å². The van der Waals surface area contributed by atoms with Gasteiger partial charge < -0.3 is 4.42 Å². The molecule has 0 radical (unpaired) electrons. The van der Waals surface area contributed by atoms with Crippen LogP contribution in [0.4, 0.5) is 0 Å². The molecule has 2 aromatic rings. The Balaban J connectivity index is 2.12. The monoisotopic (exact) mass is 204 g/mol. The summed E-state index contributed by atoms with van der Waals surface area (Å²) in [7, 11) is 0. The summed E-state index contributed by atoms with van der Waals surface area (Å²) in [4.78, 5) is 0. The van der Waals surface area contributed by atoms with Crippen LogP contribution in [0, 0.1) is 0 Å². The Bertz CT molecular complexity index is 387. The Labute approximate surface area is 87.3 Å².